The van der Waals surface area contributed by atoms with Gasteiger partial charge in [-0.15, -0.1) is 0 Å². The van der Waals surface area contributed by atoms with Crippen molar-refractivity contribution in [3.8, 4) is 0 Å². The van der Waals surface area contributed by atoms with Crippen LogP contribution in [0.2, 0.25) is 5.02 Å². The van der Waals surface area contributed by atoms with E-state index in [1.54, 1.807) is 0 Å². The zero-order valence-corrected chi connectivity index (χ0v) is 13.5. The van der Waals surface area contributed by atoms with E-state index in [-0.39, 0.29) is 21.4 Å². The van der Waals surface area contributed by atoms with Crippen LogP contribution in [0.15, 0.2) is 23.1 Å². The summed E-state index contributed by atoms with van der Waals surface area (Å²) in [5, 5.41) is 2.59. The first-order chi connectivity index (χ1) is 9.86. The van der Waals surface area contributed by atoms with Gasteiger partial charge in [0.2, 0.25) is 10.0 Å². The average molecular weight is 332 g/mol. The normalized spacial score (nSPS) is 17.7. The Balaban J connectivity index is 2.37. The molecule has 0 unspecified atom stereocenters. The molecule has 0 radical (unpaired) electrons. The molecule has 0 saturated carbocycles. The van der Waals surface area contributed by atoms with Crippen LogP contribution in [0.25, 0.3) is 0 Å². The van der Waals surface area contributed by atoms with Crippen molar-refractivity contribution >= 4 is 27.5 Å². The molecular weight excluding hydrogens is 314 g/mol. The fraction of sp³-hybridized carbons (Fsp3) is 0.462. The van der Waals surface area contributed by atoms with Crippen molar-refractivity contribution in [3.05, 3.63) is 28.8 Å². The quantitative estimate of drug-likeness (QED) is 0.882. The molecule has 1 heterocycles. The molecule has 2 rings (SSSR count). The summed E-state index contributed by atoms with van der Waals surface area (Å²) in [5.74, 6) is -0.346. The van der Waals surface area contributed by atoms with Gasteiger partial charge in [-0.25, -0.2) is 8.42 Å². The van der Waals surface area contributed by atoms with Crippen molar-refractivity contribution in [2.45, 2.75) is 4.90 Å². The number of carbonyl (C=O) groups excluding carboxylic acids is 1. The van der Waals surface area contributed by atoms with Crippen LogP contribution in [-0.4, -0.2) is 63.8 Å². The van der Waals surface area contributed by atoms with Gasteiger partial charge in [0.15, 0.2) is 0 Å². The number of hydrogen-bond acceptors (Lipinski definition) is 4. The molecular formula is C13H18ClN3O3S. The third-order valence-corrected chi connectivity index (χ3v) is 5.88. The van der Waals surface area contributed by atoms with Gasteiger partial charge in [0.1, 0.15) is 4.90 Å². The average Bonchev–Trinajstić information content (AvgIpc) is 2.47. The molecule has 0 aliphatic carbocycles. The van der Waals surface area contributed by atoms with Crippen molar-refractivity contribution in [3.63, 3.8) is 0 Å². The van der Waals surface area contributed by atoms with Crippen molar-refractivity contribution in [2.75, 3.05) is 40.3 Å². The first-order valence-electron chi connectivity index (χ1n) is 6.56. The number of halogens is 1. The summed E-state index contributed by atoms with van der Waals surface area (Å²) in [6.07, 6.45) is 0. The summed E-state index contributed by atoms with van der Waals surface area (Å²) in [6.45, 7) is 2.18. The number of sulfonamides is 1. The molecule has 116 valence electrons. The Morgan fingerprint density at radius 3 is 2.43 bits per heavy atom. The van der Waals surface area contributed by atoms with E-state index in [1.807, 2.05) is 7.05 Å². The number of rotatable bonds is 3. The molecule has 1 aliphatic heterocycles. The predicted molar refractivity (Wildman–Crippen MR) is 81.1 cm³/mol. The lowest BCUT2D eigenvalue weighted by Crippen LogP contribution is -2.47. The fourth-order valence-corrected chi connectivity index (χ4v) is 4.08. The topological polar surface area (TPSA) is 69.7 Å². The Labute approximate surface area is 129 Å². The van der Waals surface area contributed by atoms with Crippen LogP contribution >= 0.6 is 11.6 Å². The second kappa shape index (κ2) is 6.31. The van der Waals surface area contributed by atoms with Crippen molar-refractivity contribution in [1.82, 2.24) is 14.5 Å². The molecule has 1 aromatic carbocycles. The second-order valence-electron chi connectivity index (χ2n) is 4.93. The van der Waals surface area contributed by atoms with Gasteiger partial charge in [0, 0.05) is 38.8 Å². The van der Waals surface area contributed by atoms with Crippen LogP contribution in [0.3, 0.4) is 0 Å². The smallest absolute Gasteiger partial charge is 0.251 e. The Morgan fingerprint density at radius 1 is 1.24 bits per heavy atom. The van der Waals surface area contributed by atoms with Gasteiger partial charge in [-0.05, 0) is 25.2 Å². The third-order valence-electron chi connectivity index (χ3n) is 3.50. The molecule has 21 heavy (non-hydrogen) atoms. The van der Waals surface area contributed by atoms with Crippen molar-refractivity contribution in [2.24, 2.45) is 0 Å². The Bertz CT molecular complexity index is 640. The highest BCUT2D eigenvalue weighted by Crippen LogP contribution is 2.26. The van der Waals surface area contributed by atoms with Crippen molar-refractivity contribution in [1.29, 1.82) is 0 Å². The summed E-state index contributed by atoms with van der Waals surface area (Å²) in [7, 11) is -0.246. The van der Waals surface area contributed by atoms with Gasteiger partial charge >= 0.3 is 0 Å². The lowest BCUT2D eigenvalue weighted by molar-refractivity contribution is 0.0963. The summed E-state index contributed by atoms with van der Waals surface area (Å²) in [5.41, 5.74) is 0.273. The van der Waals surface area contributed by atoms with Crippen LogP contribution in [0, 0.1) is 0 Å². The fourth-order valence-electron chi connectivity index (χ4n) is 2.15. The van der Waals surface area contributed by atoms with E-state index in [0.29, 0.717) is 26.2 Å². The standard InChI is InChI=1S/C13H18ClN3O3S/c1-15-13(18)10-3-4-11(14)12(9-10)21(19,20)17-7-5-16(2)6-8-17/h3-4,9H,5-8H2,1-2H3,(H,15,18). The van der Waals surface area contributed by atoms with Gasteiger partial charge in [-0.3, -0.25) is 4.79 Å². The first kappa shape index (κ1) is 16.2. The molecule has 1 N–H and O–H groups in total. The van der Waals surface area contributed by atoms with Gasteiger partial charge in [-0.1, -0.05) is 11.6 Å². The van der Waals surface area contributed by atoms with E-state index >= 15 is 0 Å². The molecule has 1 saturated heterocycles. The van der Waals surface area contributed by atoms with E-state index in [0.717, 1.165) is 0 Å². The van der Waals surface area contributed by atoms with Gasteiger partial charge in [0.25, 0.3) is 5.91 Å². The number of hydrogen-bond donors (Lipinski definition) is 1. The van der Waals surface area contributed by atoms with Crippen LogP contribution in [-0.2, 0) is 10.0 Å². The summed E-state index contributed by atoms with van der Waals surface area (Å²) < 4.78 is 26.7. The number of likely N-dealkylation sites (N-methyl/N-ethyl adjacent to an activating group) is 1. The lowest BCUT2D eigenvalue weighted by Gasteiger charge is -2.31. The molecule has 0 atom stereocenters. The summed E-state index contributed by atoms with van der Waals surface area (Å²) in [4.78, 5) is 13.7. The Kier molecular flexibility index (Phi) is 4.88. The Morgan fingerprint density at radius 2 is 1.86 bits per heavy atom. The molecule has 8 heteroatoms. The highest BCUT2D eigenvalue weighted by molar-refractivity contribution is 7.89. The number of piperazine rings is 1. The molecule has 1 amide bonds. The number of nitrogens with one attached hydrogen (secondary N) is 1. The van der Waals surface area contributed by atoms with Gasteiger partial charge < -0.3 is 10.2 Å². The van der Waals surface area contributed by atoms with Crippen LogP contribution in [0.1, 0.15) is 10.4 Å². The largest absolute Gasteiger partial charge is 0.355 e. The monoisotopic (exact) mass is 331 g/mol. The second-order valence-corrected chi connectivity index (χ2v) is 7.25. The molecule has 0 aromatic heterocycles. The maximum Gasteiger partial charge on any atom is 0.251 e. The number of carbonyl (C=O) groups is 1. The molecule has 1 aliphatic rings. The van der Waals surface area contributed by atoms with E-state index in [9.17, 15) is 13.2 Å². The van der Waals surface area contributed by atoms with Crippen molar-refractivity contribution < 1.29 is 13.2 Å². The van der Waals surface area contributed by atoms with Crippen LogP contribution < -0.4 is 5.32 Å². The molecule has 0 bridgehead atoms. The molecule has 0 spiro atoms. The SMILES string of the molecule is CNC(=O)c1ccc(Cl)c(S(=O)(=O)N2CCN(C)CC2)c1. The van der Waals surface area contributed by atoms with E-state index in [2.05, 4.69) is 10.2 Å². The van der Waals surface area contributed by atoms with E-state index in [4.69, 9.17) is 11.6 Å². The summed E-state index contributed by atoms with van der Waals surface area (Å²) >= 11 is 6.03. The molecule has 1 fully saturated rings. The minimum Gasteiger partial charge on any atom is -0.355 e. The summed E-state index contributed by atoms with van der Waals surface area (Å²) in [6, 6.07) is 4.27. The highest BCUT2D eigenvalue weighted by Gasteiger charge is 2.29. The lowest BCUT2D eigenvalue weighted by atomic mass is 10.2. The van der Waals surface area contributed by atoms with E-state index < -0.39 is 10.0 Å². The van der Waals surface area contributed by atoms with Crippen LogP contribution in [0.5, 0.6) is 0 Å². The zero-order chi connectivity index (χ0) is 15.6. The van der Waals surface area contributed by atoms with Crippen LogP contribution in [0.4, 0.5) is 0 Å². The third kappa shape index (κ3) is 3.37. The maximum absolute atomic E-state index is 12.7. The van der Waals surface area contributed by atoms with Gasteiger partial charge in [-0.2, -0.15) is 4.31 Å². The first-order valence-corrected chi connectivity index (χ1v) is 8.38. The Hall–Kier alpha value is -1.15. The predicted octanol–water partition coefficient (Wildman–Crippen LogP) is 0.636. The maximum atomic E-state index is 12.7. The number of amides is 1. The minimum atomic E-state index is -3.69. The molecule has 6 nitrogen and oxygen atoms in total. The molecule has 1 aromatic rings. The highest BCUT2D eigenvalue weighted by atomic mass is 35.5. The van der Waals surface area contributed by atoms with E-state index in [1.165, 1.54) is 29.6 Å². The minimum absolute atomic E-state index is 0.0187. The zero-order valence-electron chi connectivity index (χ0n) is 12.0. The number of nitrogens with zero attached hydrogens (tertiary/aromatic N) is 2. The number of benzene rings is 1. The van der Waals surface area contributed by atoms with Gasteiger partial charge in [0.05, 0.1) is 5.02 Å².